The Kier molecular flexibility index (Phi) is 4.61. The quantitative estimate of drug-likeness (QED) is 0.721. The first-order valence-electron chi connectivity index (χ1n) is 7.78. The number of carbonyl (C=O) groups is 2. The van der Waals surface area contributed by atoms with Gasteiger partial charge in [-0.2, -0.15) is 0 Å². The number of para-hydroxylation sites is 1. The summed E-state index contributed by atoms with van der Waals surface area (Å²) >= 11 is 0. The van der Waals surface area contributed by atoms with Crippen LogP contribution >= 0.6 is 0 Å². The van der Waals surface area contributed by atoms with Crippen molar-refractivity contribution >= 4 is 28.4 Å². The van der Waals surface area contributed by atoms with Gasteiger partial charge in [0.1, 0.15) is 5.69 Å². The number of carbonyl (C=O) groups excluding carboxylic acids is 2. The van der Waals surface area contributed by atoms with Crippen LogP contribution in [0.25, 0.3) is 10.9 Å². The average Bonchev–Trinajstić information content (AvgIpc) is 2.65. The second kappa shape index (κ2) is 7.00. The lowest BCUT2D eigenvalue weighted by Crippen LogP contribution is -2.42. The third-order valence-corrected chi connectivity index (χ3v) is 3.75. The highest BCUT2D eigenvalue weighted by Gasteiger charge is 2.11. The topological polar surface area (TPSA) is 74.3 Å². The smallest absolute Gasteiger partial charge is 0.288 e. The molecule has 0 spiro atoms. The van der Waals surface area contributed by atoms with Gasteiger partial charge in [-0.05, 0) is 30.3 Å². The molecule has 0 atom stereocenters. The molecular formula is C19H18N4O2. The molecule has 0 aliphatic heterocycles. The normalized spacial score (nSPS) is 10.3. The second-order valence-corrected chi connectivity index (χ2v) is 5.74. The fourth-order valence-corrected chi connectivity index (χ4v) is 2.37. The van der Waals surface area contributed by atoms with Gasteiger partial charge in [0.25, 0.3) is 11.8 Å². The van der Waals surface area contributed by atoms with Crippen LogP contribution in [0.3, 0.4) is 0 Å². The van der Waals surface area contributed by atoms with Crippen LogP contribution in [-0.2, 0) is 0 Å². The number of fused-ring (bicyclic) bond motifs is 1. The summed E-state index contributed by atoms with van der Waals surface area (Å²) in [7, 11) is 3.79. The van der Waals surface area contributed by atoms with Crippen molar-refractivity contribution in [1.82, 2.24) is 15.8 Å². The zero-order valence-corrected chi connectivity index (χ0v) is 14.0. The first-order chi connectivity index (χ1) is 12.0. The summed E-state index contributed by atoms with van der Waals surface area (Å²) < 4.78 is 0. The monoisotopic (exact) mass is 334 g/mol. The molecule has 2 N–H and O–H groups in total. The van der Waals surface area contributed by atoms with Crippen LogP contribution in [0.4, 0.5) is 5.69 Å². The summed E-state index contributed by atoms with van der Waals surface area (Å²) in [5, 5.41) is 0.948. The molecule has 0 fully saturated rings. The Bertz CT molecular complexity index is 937. The van der Waals surface area contributed by atoms with Gasteiger partial charge >= 0.3 is 0 Å². The summed E-state index contributed by atoms with van der Waals surface area (Å²) in [4.78, 5) is 30.6. The molecule has 6 nitrogen and oxygen atoms in total. The van der Waals surface area contributed by atoms with E-state index in [1.807, 2.05) is 55.4 Å². The maximum atomic E-state index is 12.2. The van der Waals surface area contributed by atoms with Crippen molar-refractivity contribution in [3.8, 4) is 0 Å². The van der Waals surface area contributed by atoms with E-state index in [0.717, 1.165) is 16.6 Å². The summed E-state index contributed by atoms with van der Waals surface area (Å²) in [6.45, 7) is 0. The first-order valence-corrected chi connectivity index (χ1v) is 7.78. The number of rotatable bonds is 3. The van der Waals surface area contributed by atoms with Crippen molar-refractivity contribution in [2.45, 2.75) is 0 Å². The molecule has 0 aliphatic carbocycles. The van der Waals surface area contributed by atoms with E-state index in [-0.39, 0.29) is 5.69 Å². The third kappa shape index (κ3) is 3.74. The molecule has 2 amide bonds. The molecular weight excluding hydrogens is 316 g/mol. The highest BCUT2D eigenvalue weighted by atomic mass is 16.2. The number of nitrogens with one attached hydrogen (secondary N) is 2. The Labute approximate surface area is 145 Å². The number of nitrogens with zero attached hydrogens (tertiary/aromatic N) is 2. The van der Waals surface area contributed by atoms with Crippen molar-refractivity contribution in [2.24, 2.45) is 0 Å². The van der Waals surface area contributed by atoms with Gasteiger partial charge in [0.05, 0.1) is 5.52 Å². The Hall–Kier alpha value is -3.41. The fourth-order valence-electron chi connectivity index (χ4n) is 2.37. The van der Waals surface area contributed by atoms with Crippen molar-refractivity contribution in [2.75, 3.05) is 19.0 Å². The Balaban J connectivity index is 1.68. The predicted molar refractivity (Wildman–Crippen MR) is 97.4 cm³/mol. The van der Waals surface area contributed by atoms with E-state index in [9.17, 15) is 9.59 Å². The first kappa shape index (κ1) is 16.4. The zero-order valence-electron chi connectivity index (χ0n) is 14.0. The number of anilines is 1. The highest BCUT2D eigenvalue weighted by Crippen LogP contribution is 2.13. The van der Waals surface area contributed by atoms with E-state index in [1.165, 1.54) is 0 Å². The second-order valence-electron chi connectivity index (χ2n) is 5.74. The third-order valence-electron chi connectivity index (χ3n) is 3.75. The molecule has 0 saturated carbocycles. The molecule has 1 heterocycles. The number of hydrazine groups is 1. The number of amides is 2. The largest absolute Gasteiger partial charge is 0.378 e. The maximum Gasteiger partial charge on any atom is 0.288 e. The number of hydrogen-bond donors (Lipinski definition) is 2. The number of hydrogen-bond acceptors (Lipinski definition) is 4. The minimum absolute atomic E-state index is 0.237. The Morgan fingerprint density at radius 3 is 2.44 bits per heavy atom. The molecule has 6 heteroatoms. The van der Waals surface area contributed by atoms with Crippen molar-refractivity contribution in [3.63, 3.8) is 0 Å². The summed E-state index contributed by atoms with van der Waals surface area (Å²) in [6.07, 6.45) is 0. The van der Waals surface area contributed by atoms with Gasteiger partial charge in [-0.25, -0.2) is 4.98 Å². The summed E-state index contributed by atoms with van der Waals surface area (Å²) in [5.41, 5.74) is 7.12. The van der Waals surface area contributed by atoms with Crippen molar-refractivity contribution in [3.05, 3.63) is 71.9 Å². The predicted octanol–water partition coefficient (Wildman–Crippen LogP) is 2.38. The van der Waals surface area contributed by atoms with Crippen molar-refractivity contribution < 1.29 is 9.59 Å². The van der Waals surface area contributed by atoms with E-state index in [2.05, 4.69) is 15.8 Å². The van der Waals surface area contributed by atoms with E-state index in [0.29, 0.717) is 5.56 Å². The zero-order chi connectivity index (χ0) is 17.8. The maximum absolute atomic E-state index is 12.2. The molecule has 0 unspecified atom stereocenters. The van der Waals surface area contributed by atoms with Crippen LogP contribution in [0.1, 0.15) is 20.8 Å². The molecule has 126 valence electrons. The SMILES string of the molecule is CN(C)c1cccc(C(=O)NNC(=O)c2ccc3ccccc3n2)c1. The Morgan fingerprint density at radius 1 is 0.880 bits per heavy atom. The molecule has 0 saturated heterocycles. The van der Waals surface area contributed by atoms with Crippen LogP contribution < -0.4 is 15.8 Å². The van der Waals surface area contributed by atoms with Gasteiger partial charge in [0.2, 0.25) is 0 Å². The molecule has 2 aromatic carbocycles. The molecule has 0 aliphatic rings. The van der Waals surface area contributed by atoms with Gasteiger partial charge in [-0.15, -0.1) is 0 Å². The van der Waals surface area contributed by atoms with Gasteiger partial charge < -0.3 is 4.90 Å². The standard InChI is InChI=1S/C19H18N4O2/c1-23(2)15-8-5-7-14(12-15)18(24)21-22-19(25)17-11-10-13-6-3-4-9-16(13)20-17/h3-12H,1-2H3,(H,21,24)(H,22,25). The van der Waals surface area contributed by atoms with Gasteiger partial charge in [-0.3, -0.25) is 20.4 Å². The molecule has 0 bridgehead atoms. The van der Waals surface area contributed by atoms with Crippen molar-refractivity contribution in [1.29, 1.82) is 0 Å². The van der Waals surface area contributed by atoms with Crippen LogP contribution in [0.15, 0.2) is 60.7 Å². The lowest BCUT2D eigenvalue weighted by Gasteiger charge is -2.13. The lowest BCUT2D eigenvalue weighted by atomic mass is 10.2. The molecule has 25 heavy (non-hydrogen) atoms. The average molecular weight is 334 g/mol. The lowest BCUT2D eigenvalue weighted by molar-refractivity contribution is 0.0844. The van der Waals surface area contributed by atoms with Gasteiger partial charge in [0.15, 0.2) is 0 Å². The van der Waals surface area contributed by atoms with Crippen LogP contribution in [-0.4, -0.2) is 30.9 Å². The summed E-state index contributed by atoms with van der Waals surface area (Å²) in [5.74, 6) is -0.860. The fraction of sp³-hybridized carbons (Fsp3) is 0.105. The van der Waals surface area contributed by atoms with E-state index in [1.54, 1.807) is 24.3 Å². The van der Waals surface area contributed by atoms with Crippen LogP contribution in [0, 0.1) is 0 Å². The number of aromatic nitrogens is 1. The minimum Gasteiger partial charge on any atom is -0.378 e. The van der Waals surface area contributed by atoms with E-state index in [4.69, 9.17) is 0 Å². The number of benzene rings is 2. The summed E-state index contributed by atoms with van der Waals surface area (Å²) in [6, 6.07) is 18.1. The van der Waals surface area contributed by atoms with Crippen LogP contribution in [0.2, 0.25) is 0 Å². The number of pyridine rings is 1. The van der Waals surface area contributed by atoms with Gasteiger partial charge in [0, 0.05) is 30.7 Å². The molecule has 3 rings (SSSR count). The minimum atomic E-state index is -0.470. The Morgan fingerprint density at radius 2 is 1.64 bits per heavy atom. The molecule has 1 aromatic heterocycles. The molecule has 0 radical (unpaired) electrons. The molecule has 3 aromatic rings. The van der Waals surface area contributed by atoms with E-state index >= 15 is 0 Å². The van der Waals surface area contributed by atoms with Gasteiger partial charge in [-0.1, -0.05) is 30.3 Å². The van der Waals surface area contributed by atoms with E-state index < -0.39 is 11.8 Å². The highest BCUT2D eigenvalue weighted by molar-refractivity contribution is 5.99. The van der Waals surface area contributed by atoms with Crippen LogP contribution in [0.5, 0.6) is 0 Å².